The van der Waals surface area contributed by atoms with E-state index < -0.39 is 23.5 Å². The van der Waals surface area contributed by atoms with Crippen LogP contribution in [0.4, 0.5) is 16.2 Å². The van der Waals surface area contributed by atoms with Crippen LogP contribution < -0.4 is 15.5 Å². The molecule has 202 valence electrons. The number of ketones is 1. The SMILES string of the molecule is CN(C)Cc1cccc(NC(=O)N[C@@H]2N=C(c3ccccn3)c3ccccc3N(CC(=O)C(C)(C)C)C2=O)c1. The molecule has 2 aromatic carbocycles. The van der Waals surface area contributed by atoms with Gasteiger partial charge in [0.1, 0.15) is 0 Å². The average Bonchev–Trinajstić information content (AvgIpc) is 2.99. The molecule has 1 aliphatic heterocycles. The molecular formula is C30H34N6O3. The molecule has 3 amide bonds. The third kappa shape index (κ3) is 6.74. The number of para-hydroxylation sites is 1. The minimum absolute atomic E-state index is 0.118. The van der Waals surface area contributed by atoms with Gasteiger partial charge >= 0.3 is 6.03 Å². The third-order valence-corrected chi connectivity index (χ3v) is 6.21. The van der Waals surface area contributed by atoms with Crippen LogP contribution in [0.25, 0.3) is 0 Å². The van der Waals surface area contributed by atoms with E-state index in [1.54, 1.807) is 36.5 Å². The second-order valence-electron chi connectivity index (χ2n) is 10.7. The third-order valence-electron chi connectivity index (χ3n) is 6.21. The van der Waals surface area contributed by atoms with Gasteiger partial charge in [-0.3, -0.25) is 14.6 Å². The quantitative estimate of drug-likeness (QED) is 0.482. The topological polar surface area (TPSA) is 107 Å². The molecule has 0 radical (unpaired) electrons. The maximum atomic E-state index is 13.9. The summed E-state index contributed by atoms with van der Waals surface area (Å²) in [4.78, 5) is 52.7. The summed E-state index contributed by atoms with van der Waals surface area (Å²) in [6, 6.07) is 19.6. The number of hydrogen-bond acceptors (Lipinski definition) is 6. The molecule has 0 spiro atoms. The number of aromatic nitrogens is 1. The molecule has 1 aromatic heterocycles. The Balaban J connectivity index is 1.70. The average molecular weight is 527 g/mol. The Morgan fingerprint density at radius 2 is 1.74 bits per heavy atom. The predicted molar refractivity (Wildman–Crippen MR) is 153 cm³/mol. The molecule has 2 heterocycles. The lowest BCUT2D eigenvalue weighted by atomic mass is 9.90. The molecule has 0 saturated carbocycles. The van der Waals surface area contributed by atoms with E-state index in [1.165, 1.54) is 4.90 Å². The number of Topliss-reactive ketones (excluding diaryl/α,β-unsaturated/α-hetero) is 1. The number of nitrogens with zero attached hydrogens (tertiary/aromatic N) is 4. The highest BCUT2D eigenvalue weighted by Crippen LogP contribution is 2.29. The van der Waals surface area contributed by atoms with Crippen LogP contribution in [0.2, 0.25) is 0 Å². The molecule has 3 aromatic rings. The number of urea groups is 1. The zero-order valence-corrected chi connectivity index (χ0v) is 22.9. The Kier molecular flexibility index (Phi) is 8.21. The molecule has 39 heavy (non-hydrogen) atoms. The molecule has 1 atom stereocenters. The Morgan fingerprint density at radius 1 is 1.00 bits per heavy atom. The molecule has 0 aliphatic carbocycles. The van der Waals surface area contributed by atoms with Gasteiger partial charge in [0.25, 0.3) is 5.91 Å². The number of amides is 3. The van der Waals surface area contributed by atoms with Gasteiger partial charge in [0.15, 0.2) is 5.78 Å². The highest BCUT2D eigenvalue weighted by atomic mass is 16.2. The summed E-state index contributed by atoms with van der Waals surface area (Å²) in [6.07, 6.45) is 0.358. The number of carbonyl (C=O) groups is 3. The summed E-state index contributed by atoms with van der Waals surface area (Å²) >= 11 is 0. The Hall–Kier alpha value is -4.37. The fourth-order valence-electron chi connectivity index (χ4n) is 4.18. The van der Waals surface area contributed by atoms with E-state index in [1.807, 2.05) is 76.2 Å². The summed E-state index contributed by atoms with van der Waals surface area (Å²) in [7, 11) is 3.94. The van der Waals surface area contributed by atoms with E-state index in [4.69, 9.17) is 4.99 Å². The maximum absolute atomic E-state index is 13.9. The van der Waals surface area contributed by atoms with Crippen molar-refractivity contribution in [3.63, 3.8) is 0 Å². The highest BCUT2D eigenvalue weighted by molar-refractivity contribution is 6.20. The monoisotopic (exact) mass is 526 g/mol. The predicted octanol–water partition coefficient (Wildman–Crippen LogP) is 4.09. The minimum atomic E-state index is -1.29. The molecule has 0 saturated heterocycles. The lowest BCUT2D eigenvalue weighted by molar-refractivity contribution is -0.127. The van der Waals surface area contributed by atoms with Crippen molar-refractivity contribution in [3.8, 4) is 0 Å². The summed E-state index contributed by atoms with van der Waals surface area (Å²) in [5.41, 5.74) is 3.13. The summed E-state index contributed by atoms with van der Waals surface area (Å²) < 4.78 is 0. The number of pyridine rings is 1. The summed E-state index contributed by atoms with van der Waals surface area (Å²) in [5.74, 6) is -0.629. The Bertz CT molecular complexity index is 1400. The smallest absolute Gasteiger partial charge is 0.308 e. The first-order valence-corrected chi connectivity index (χ1v) is 12.8. The number of rotatable bonds is 7. The van der Waals surface area contributed by atoms with Gasteiger partial charge in [0.05, 0.1) is 23.6 Å². The van der Waals surface area contributed by atoms with E-state index in [0.29, 0.717) is 34.9 Å². The standard InChI is InChI=1S/C30H34N6O3/c1-30(2,3)25(37)19-36-24-15-7-6-13-22(24)26(23-14-8-9-16-31-23)33-27(28(36)38)34-29(39)32-21-12-10-11-20(17-21)18-35(4)5/h6-17,27H,18-19H2,1-5H3,(H2,32,34,39)/t27-/m0/s1. The van der Waals surface area contributed by atoms with Crippen molar-refractivity contribution in [2.75, 3.05) is 30.9 Å². The van der Waals surface area contributed by atoms with Crippen LogP contribution >= 0.6 is 0 Å². The maximum Gasteiger partial charge on any atom is 0.321 e. The van der Waals surface area contributed by atoms with E-state index >= 15 is 0 Å². The molecule has 0 unspecified atom stereocenters. The number of benzodiazepines with no additional fused rings is 1. The number of anilines is 2. The molecular weight excluding hydrogens is 492 g/mol. The number of fused-ring (bicyclic) bond motifs is 1. The first-order chi connectivity index (χ1) is 18.5. The number of carbonyl (C=O) groups excluding carboxylic acids is 3. The van der Waals surface area contributed by atoms with Crippen molar-refractivity contribution in [1.82, 2.24) is 15.2 Å². The van der Waals surface area contributed by atoms with Crippen LogP contribution in [0.1, 0.15) is 37.6 Å². The second kappa shape index (κ2) is 11.6. The van der Waals surface area contributed by atoms with Crippen LogP contribution in [-0.4, -0.2) is 60.1 Å². The van der Waals surface area contributed by atoms with Crippen molar-refractivity contribution in [2.24, 2.45) is 10.4 Å². The number of hydrogen-bond donors (Lipinski definition) is 2. The summed E-state index contributed by atoms with van der Waals surface area (Å²) in [5, 5.41) is 5.52. The Labute approximate surface area is 229 Å². The zero-order chi connectivity index (χ0) is 28.2. The van der Waals surface area contributed by atoms with Crippen molar-refractivity contribution in [2.45, 2.75) is 33.5 Å². The second-order valence-corrected chi connectivity index (χ2v) is 10.7. The molecule has 2 N–H and O–H groups in total. The molecule has 0 bridgehead atoms. The fraction of sp³-hybridized carbons (Fsp3) is 0.300. The largest absolute Gasteiger partial charge is 0.321 e. The number of benzene rings is 2. The highest BCUT2D eigenvalue weighted by Gasteiger charge is 2.36. The van der Waals surface area contributed by atoms with Gasteiger partial charge in [-0.2, -0.15) is 0 Å². The van der Waals surface area contributed by atoms with Gasteiger partial charge in [-0.05, 0) is 50.0 Å². The van der Waals surface area contributed by atoms with Crippen LogP contribution in [0.3, 0.4) is 0 Å². The van der Waals surface area contributed by atoms with Crippen LogP contribution in [0.5, 0.6) is 0 Å². The minimum Gasteiger partial charge on any atom is -0.308 e. The molecule has 4 rings (SSSR count). The molecule has 0 fully saturated rings. The van der Waals surface area contributed by atoms with Gasteiger partial charge in [0.2, 0.25) is 6.17 Å². The van der Waals surface area contributed by atoms with Gasteiger partial charge < -0.3 is 20.4 Å². The van der Waals surface area contributed by atoms with Gasteiger partial charge in [0, 0.05) is 29.4 Å². The van der Waals surface area contributed by atoms with Crippen molar-refractivity contribution in [3.05, 3.63) is 89.7 Å². The van der Waals surface area contributed by atoms with E-state index in [2.05, 4.69) is 15.6 Å². The van der Waals surface area contributed by atoms with Crippen LogP contribution in [0, 0.1) is 5.41 Å². The first kappa shape index (κ1) is 27.7. The number of nitrogens with one attached hydrogen (secondary N) is 2. The lowest BCUT2D eigenvalue weighted by Gasteiger charge is -2.28. The van der Waals surface area contributed by atoms with E-state index in [0.717, 1.165) is 5.56 Å². The van der Waals surface area contributed by atoms with Gasteiger partial charge in [-0.1, -0.05) is 57.2 Å². The molecule has 9 nitrogen and oxygen atoms in total. The van der Waals surface area contributed by atoms with Crippen LogP contribution in [0.15, 0.2) is 77.9 Å². The normalized spacial score (nSPS) is 15.3. The fourth-order valence-corrected chi connectivity index (χ4v) is 4.18. The Morgan fingerprint density at radius 3 is 2.44 bits per heavy atom. The van der Waals surface area contributed by atoms with E-state index in [9.17, 15) is 14.4 Å². The van der Waals surface area contributed by atoms with Crippen molar-refractivity contribution < 1.29 is 14.4 Å². The van der Waals surface area contributed by atoms with Crippen molar-refractivity contribution >= 4 is 34.8 Å². The van der Waals surface area contributed by atoms with Crippen molar-refractivity contribution in [1.29, 1.82) is 0 Å². The van der Waals surface area contributed by atoms with Crippen LogP contribution in [-0.2, 0) is 16.1 Å². The lowest BCUT2D eigenvalue weighted by Crippen LogP contribution is -2.50. The summed E-state index contributed by atoms with van der Waals surface area (Å²) in [6.45, 7) is 5.99. The number of aliphatic imine (C=N–C) groups is 1. The van der Waals surface area contributed by atoms with Gasteiger partial charge in [-0.25, -0.2) is 9.79 Å². The van der Waals surface area contributed by atoms with E-state index in [-0.39, 0.29) is 12.3 Å². The first-order valence-electron chi connectivity index (χ1n) is 12.8. The van der Waals surface area contributed by atoms with Gasteiger partial charge in [-0.15, -0.1) is 0 Å². The molecule has 1 aliphatic rings. The zero-order valence-electron chi connectivity index (χ0n) is 22.9. The molecule has 9 heteroatoms.